The van der Waals surface area contributed by atoms with E-state index in [4.69, 9.17) is 5.73 Å². The van der Waals surface area contributed by atoms with Crippen molar-refractivity contribution in [3.05, 3.63) is 18.3 Å². The van der Waals surface area contributed by atoms with Crippen molar-refractivity contribution in [1.82, 2.24) is 4.98 Å². The molecule has 0 spiro atoms. The predicted molar refractivity (Wildman–Crippen MR) is 64.7 cm³/mol. The molecule has 1 aromatic rings. The summed E-state index contributed by atoms with van der Waals surface area (Å²) in [6, 6.07) is 4.31. The molecule has 1 heterocycles. The Bertz CT molecular complexity index is 278. The Morgan fingerprint density at radius 1 is 1.64 bits per heavy atom. The SMILES string of the molecule is CCC(CSC)Nc1ccnc(N)c1. The zero-order chi connectivity index (χ0) is 10.4. The zero-order valence-electron chi connectivity index (χ0n) is 8.66. The highest BCUT2D eigenvalue weighted by atomic mass is 32.2. The number of nitrogens with zero attached hydrogens (tertiary/aromatic N) is 1. The minimum atomic E-state index is 0.506. The monoisotopic (exact) mass is 211 g/mol. The Kier molecular flexibility index (Phi) is 4.59. The molecule has 0 aliphatic rings. The molecule has 3 N–H and O–H groups in total. The number of pyridine rings is 1. The van der Waals surface area contributed by atoms with Gasteiger partial charge in [-0.1, -0.05) is 6.92 Å². The molecule has 1 aromatic heterocycles. The summed E-state index contributed by atoms with van der Waals surface area (Å²) in [6.45, 7) is 2.18. The van der Waals surface area contributed by atoms with E-state index in [0.29, 0.717) is 11.9 Å². The molecule has 0 aromatic carbocycles. The van der Waals surface area contributed by atoms with Crippen LogP contribution >= 0.6 is 11.8 Å². The molecular formula is C10H17N3S. The lowest BCUT2D eigenvalue weighted by Gasteiger charge is -2.16. The first-order chi connectivity index (χ1) is 6.76. The van der Waals surface area contributed by atoms with Gasteiger partial charge in [0.2, 0.25) is 0 Å². The molecule has 0 saturated heterocycles. The lowest BCUT2D eigenvalue weighted by atomic mass is 10.2. The average molecular weight is 211 g/mol. The van der Waals surface area contributed by atoms with Gasteiger partial charge in [0.15, 0.2) is 0 Å². The van der Waals surface area contributed by atoms with E-state index in [9.17, 15) is 0 Å². The van der Waals surface area contributed by atoms with E-state index < -0.39 is 0 Å². The van der Waals surface area contributed by atoms with Crippen molar-refractivity contribution in [2.24, 2.45) is 0 Å². The second-order valence-electron chi connectivity index (χ2n) is 3.17. The molecule has 1 unspecified atom stereocenters. The number of rotatable bonds is 5. The average Bonchev–Trinajstić information content (AvgIpc) is 2.17. The molecule has 0 aliphatic heterocycles. The molecule has 1 atom stereocenters. The Morgan fingerprint density at radius 2 is 2.43 bits per heavy atom. The van der Waals surface area contributed by atoms with Gasteiger partial charge in [-0.15, -0.1) is 0 Å². The Hall–Kier alpha value is -0.900. The van der Waals surface area contributed by atoms with Crippen LogP contribution in [0, 0.1) is 0 Å². The normalized spacial score (nSPS) is 12.4. The van der Waals surface area contributed by atoms with Crippen LogP contribution in [0.2, 0.25) is 0 Å². The highest BCUT2D eigenvalue weighted by Gasteiger charge is 2.04. The quantitative estimate of drug-likeness (QED) is 0.784. The first-order valence-electron chi connectivity index (χ1n) is 4.73. The van der Waals surface area contributed by atoms with Crippen molar-refractivity contribution < 1.29 is 0 Å². The lowest BCUT2D eigenvalue weighted by molar-refractivity contribution is 0.775. The third-order valence-corrected chi connectivity index (χ3v) is 2.75. The molecule has 14 heavy (non-hydrogen) atoms. The molecule has 78 valence electrons. The van der Waals surface area contributed by atoms with Gasteiger partial charge < -0.3 is 11.1 Å². The second kappa shape index (κ2) is 5.75. The van der Waals surface area contributed by atoms with Gasteiger partial charge in [0.05, 0.1) is 0 Å². The summed E-state index contributed by atoms with van der Waals surface area (Å²) in [4.78, 5) is 3.95. The fourth-order valence-corrected chi connectivity index (χ4v) is 1.96. The van der Waals surface area contributed by atoms with Gasteiger partial charge in [-0.2, -0.15) is 11.8 Å². The topological polar surface area (TPSA) is 50.9 Å². The van der Waals surface area contributed by atoms with Crippen LogP contribution < -0.4 is 11.1 Å². The highest BCUT2D eigenvalue weighted by molar-refractivity contribution is 7.98. The first kappa shape index (κ1) is 11.2. The van der Waals surface area contributed by atoms with Gasteiger partial charge in [-0.25, -0.2) is 4.98 Å². The summed E-state index contributed by atoms with van der Waals surface area (Å²) in [5, 5.41) is 3.43. The molecule has 0 amide bonds. The van der Waals surface area contributed by atoms with Gasteiger partial charge in [0, 0.05) is 29.7 Å². The lowest BCUT2D eigenvalue weighted by Crippen LogP contribution is -2.21. The largest absolute Gasteiger partial charge is 0.384 e. The number of nitrogen functional groups attached to an aromatic ring is 1. The molecule has 4 heteroatoms. The van der Waals surface area contributed by atoms with Gasteiger partial charge in [0.25, 0.3) is 0 Å². The first-order valence-corrected chi connectivity index (χ1v) is 6.12. The maximum Gasteiger partial charge on any atom is 0.125 e. The number of nitrogens with two attached hydrogens (primary N) is 1. The predicted octanol–water partition coefficient (Wildman–Crippen LogP) is 2.22. The number of aromatic nitrogens is 1. The smallest absolute Gasteiger partial charge is 0.125 e. The number of hydrogen-bond donors (Lipinski definition) is 2. The van der Waals surface area contributed by atoms with Crippen molar-refractivity contribution >= 4 is 23.3 Å². The van der Waals surface area contributed by atoms with Crippen molar-refractivity contribution in [2.45, 2.75) is 19.4 Å². The maximum atomic E-state index is 5.59. The van der Waals surface area contributed by atoms with Crippen LogP contribution in [0.4, 0.5) is 11.5 Å². The van der Waals surface area contributed by atoms with E-state index in [0.717, 1.165) is 17.9 Å². The Morgan fingerprint density at radius 3 is 3.00 bits per heavy atom. The van der Waals surface area contributed by atoms with Crippen LogP contribution in [0.25, 0.3) is 0 Å². The van der Waals surface area contributed by atoms with E-state index >= 15 is 0 Å². The second-order valence-corrected chi connectivity index (χ2v) is 4.08. The standard InChI is InChI=1S/C10H17N3S/c1-3-8(7-14-2)13-9-4-5-12-10(11)6-9/h4-6,8H,3,7H2,1-2H3,(H3,11,12,13). The Balaban J connectivity index is 2.57. The molecule has 0 aliphatic carbocycles. The molecule has 0 radical (unpaired) electrons. The third-order valence-electron chi connectivity index (χ3n) is 2.01. The molecule has 1 rings (SSSR count). The van der Waals surface area contributed by atoms with Crippen LogP contribution in [0.5, 0.6) is 0 Å². The molecule has 0 fully saturated rings. The van der Waals surface area contributed by atoms with Crippen molar-refractivity contribution in [2.75, 3.05) is 23.1 Å². The van der Waals surface area contributed by atoms with E-state index in [1.54, 1.807) is 6.20 Å². The van der Waals surface area contributed by atoms with E-state index in [-0.39, 0.29) is 0 Å². The molecule has 0 bridgehead atoms. The summed E-state index contributed by atoms with van der Waals surface area (Å²) in [6.07, 6.45) is 4.96. The van der Waals surface area contributed by atoms with Gasteiger partial charge in [0.1, 0.15) is 5.82 Å². The van der Waals surface area contributed by atoms with Crippen molar-refractivity contribution in [3.63, 3.8) is 0 Å². The van der Waals surface area contributed by atoms with Gasteiger partial charge in [-0.3, -0.25) is 0 Å². The number of anilines is 2. The van der Waals surface area contributed by atoms with E-state index in [1.807, 2.05) is 23.9 Å². The van der Waals surface area contributed by atoms with Crippen LogP contribution in [-0.4, -0.2) is 23.0 Å². The highest BCUT2D eigenvalue weighted by Crippen LogP contribution is 2.13. The van der Waals surface area contributed by atoms with E-state index in [2.05, 4.69) is 23.5 Å². The fourth-order valence-electron chi connectivity index (χ4n) is 1.24. The van der Waals surface area contributed by atoms with Crippen LogP contribution in [-0.2, 0) is 0 Å². The minimum Gasteiger partial charge on any atom is -0.384 e. The molecule has 3 nitrogen and oxygen atoms in total. The van der Waals surface area contributed by atoms with Crippen LogP contribution in [0.15, 0.2) is 18.3 Å². The maximum absolute atomic E-state index is 5.59. The van der Waals surface area contributed by atoms with Gasteiger partial charge in [-0.05, 0) is 18.7 Å². The van der Waals surface area contributed by atoms with Gasteiger partial charge >= 0.3 is 0 Å². The molecular weight excluding hydrogens is 194 g/mol. The zero-order valence-corrected chi connectivity index (χ0v) is 9.47. The number of hydrogen-bond acceptors (Lipinski definition) is 4. The minimum absolute atomic E-state index is 0.506. The summed E-state index contributed by atoms with van der Waals surface area (Å²) >= 11 is 1.85. The third kappa shape index (κ3) is 3.46. The van der Waals surface area contributed by atoms with Crippen molar-refractivity contribution in [1.29, 1.82) is 0 Å². The summed E-state index contributed by atoms with van der Waals surface area (Å²) < 4.78 is 0. The summed E-state index contributed by atoms with van der Waals surface area (Å²) in [5.41, 5.74) is 6.65. The number of nitrogens with one attached hydrogen (secondary N) is 1. The molecule has 0 saturated carbocycles. The van der Waals surface area contributed by atoms with Crippen LogP contribution in [0.3, 0.4) is 0 Å². The summed E-state index contributed by atoms with van der Waals surface area (Å²) in [5.74, 6) is 1.67. The summed E-state index contributed by atoms with van der Waals surface area (Å²) in [7, 11) is 0. The number of thioether (sulfide) groups is 1. The van der Waals surface area contributed by atoms with Crippen molar-refractivity contribution in [3.8, 4) is 0 Å². The Labute approximate surface area is 89.5 Å². The van der Waals surface area contributed by atoms with E-state index in [1.165, 1.54) is 0 Å². The fraction of sp³-hybridized carbons (Fsp3) is 0.500. The van der Waals surface area contributed by atoms with Crippen LogP contribution in [0.1, 0.15) is 13.3 Å².